The summed E-state index contributed by atoms with van der Waals surface area (Å²) < 4.78 is 0. The maximum Gasteiger partial charge on any atom is 0.0912 e. The Balaban J connectivity index is 2.90. The lowest BCUT2D eigenvalue weighted by molar-refractivity contribution is 1.26. The molecule has 0 spiro atoms. The summed E-state index contributed by atoms with van der Waals surface area (Å²) in [5.41, 5.74) is 2.07. The molecule has 0 atom stereocenters. The van der Waals surface area contributed by atoms with E-state index in [0.717, 1.165) is 11.1 Å². The molecular weight excluding hydrogens is 136 g/mol. The molecule has 0 unspecified atom stereocenters. The highest BCUT2D eigenvalue weighted by Crippen LogP contribution is 2.02. The van der Waals surface area contributed by atoms with E-state index in [2.05, 4.69) is 4.98 Å². The van der Waals surface area contributed by atoms with Gasteiger partial charge in [0, 0.05) is 18.5 Å². The Labute approximate surface area is 65.8 Å². The summed E-state index contributed by atoms with van der Waals surface area (Å²) in [6.45, 7) is 1.97. The smallest absolute Gasteiger partial charge is 0.0912 e. The fraction of sp³-hybridized carbons (Fsp3) is 0.111. The minimum absolute atomic E-state index is 0.964. The van der Waals surface area contributed by atoms with Crippen LogP contribution in [0.3, 0.4) is 0 Å². The van der Waals surface area contributed by atoms with Crippen LogP contribution < -0.4 is 0 Å². The molecule has 0 aliphatic heterocycles. The van der Waals surface area contributed by atoms with Gasteiger partial charge in [0.25, 0.3) is 0 Å². The van der Waals surface area contributed by atoms with Gasteiger partial charge in [-0.2, -0.15) is 5.26 Å². The predicted octanol–water partition coefficient (Wildman–Crippen LogP) is 1.93. The molecule has 0 bridgehead atoms. The second-order valence-corrected chi connectivity index (χ2v) is 2.26. The topological polar surface area (TPSA) is 36.7 Å². The lowest BCUT2D eigenvalue weighted by atomic mass is 10.2. The first kappa shape index (κ1) is 7.49. The molecule has 0 aromatic carbocycles. The molecule has 1 rings (SSSR count). The summed E-state index contributed by atoms with van der Waals surface area (Å²) in [6.07, 6.45) is 6.68. The molecule has 0 amide bonds. The molecule has 0 saturated carbocycles. The number of pyridine rings is 1. The van der Waals surface area contributed by atoms with Crippen molar-refractivity contribution in [2.24, 2.45) is 0 Å². The molecule has 0 N–H and O–H groups in total. The molecular formula is C9H8N2. The number of nitriles is 1. The summed E-state index contributed by atoms with van der Waals surface area (Å²) in [5, 5.41) is 8.24. The maximum absolute atomic E-state index is 8.24. The van der Waals surface area contributed by atoms with E-state index < -0.39 is 0 Å². The highest BCUT2D eigenvalue weighted by Gasteiger charge is 1.86. The average Bonchev–Trinajstić information content (AvgIpc) is 2.01. The zero-order valence-corrected chi connectivity index (χ0v) is 6.28. The van der Waals surface area contributed by atoms with E-state index in [4.69, 9.17) is 5.26 Å². The molecule has 0 aliphatic carbocycles. The standard InChI is InChI=1S/C9H8N2/c1-8-5-9(3-2-4-10)7-11-6-8/h2-3,5-7H,1H3. The third-order valence-corrected chi connectivity index (χ3v) is 1.25. The van der Waals surface area contributed by atoms with Crippen molar-refractivity contribution in [3.05, 3.63) is 35.7 Å². The summed E-state index contributed by atoms with van der Waals surface area (Å²) in [4.78, 5) is 3.98. The van der Waals surface area contributed by atoms with Gasteiger partial charge in [0.1, 0.15) is 0 Å². The zero-order valence-electron chi connectivity index (χ0n) is 6.28. The van der Waals surface area contributed by atoms with E-state index in [1.165, 1.54) is 6.08 Å². The lowest BCUT2D eigenvalue weighted by Gasteiger charge is -1.92. The average molecular weight is 144 g/mol. The molecule has 11 heavy (non-hydrogen) atoms. The van der Waals surface area contributed by atoms with Gasteiger partial charge in [-0.1, -0.05) is 0 Å². The predicted molar refractivity (Wildman–Crippen MR) is 43.6 cm³/mol. The summed E-state index contributed by atoms with van der Waals surface area (Å²) in [7, 11) is 0. The number of hydrogen-bond donors (Lipinski definition) is 0. The second kappa shape index (κ2) is 3.52. The van der Waals surface area contributed by atoms with Gasteiger partial charge in [-0.05, 0) is 30.2 Å². The van der Waals surface area contributed by atoms with Crippen LogP contribution in [0.1, 0.15) is 11.1 Å². The Kier molecular flexibility index (Phi) is 2.40. The van der Waals surface area contributed by atoms with E-state index in [0.29, 0.717) is 0 Å². The van der Waals surface area contributed by atoms with E-state index in [-0.39, 0.29) is 0 Å². The highest BCUT2D eigenvalue weighted by atomic mass is 14.6. The zero-order chi connectivity index (χ0) is 8.10. The van der Waals surface area contributed by atoms with Crippen LogP contribution in [0.15, 0.2) is 24.5 Å². The van der Waals surface area contributed by atoms with E-state index in [1.54, 1.807) is 18.5 Å². The van der Waals surface area contributed by atoms with Crippen LogP contribution in [-0.2, 0) is 0 Å². The van der Waals surface area contributed by atoms with Gasteiger partial charge in [0.2, 0.25) is 0 Å². The fourth-order valence-electron chi connectivity index (χ4n) is 0.803. The number of nitrogens with zero attached hydrogens (tertiary/aromatic N) is 2. The third-order valence-electron chi connectivity index (χ3n) is 1.25. The molecule has 1 aromatic heterocycles. The van der Waals surface area contributed by atoms with Gasteiger partial charge < -0.3 is 0 Å². The molecule has 54 valence electrons. The van der Waals surface area contributed by atoms with Crippen LogP contribution in [0.4, 0.5) is 0 Å². The maximum atomic E-state index is 8.24. The molecule has 2 nitrogen and oxygen atoms in total. The van der Waals surface area contributed by atoms with Gasteiger partial charge in [-0.15, -0.1) is 0 Å². The Hall–Kier alpha value is -1.62. The Morgan fingerprint density at radius 1 is 1.55 bits per heavy atom. The van der Waals surface area contributed by atoms with Crippen LogP contribution in [0.5, 0.6) is 0 Å². The van der Waals surface area contributed by atoms with Gasteiger partial charge >= 0.3 is 0 Å². The normalized spacial score (nSPS) is 9.82. The molecule has 1 aromatic rings. The van der Waals surface area contributed by atoms with Crippen molar-refractivity contribution in [2.75, 3.05) is 0 Å². The quantitative estimate of drug-likeness (QED) is 0.564. The number of hydrogen-bond acceptors (Lipinski definition) is 2. The van der Waals surface area contributed by atoms with E-state index in [9.17, 15) is 0 Å². The SMILES string of the molecule is Cc1cncc(C=CC#N)c1. The van der Waals surface area contributed by atoms with Crippen molar-refractivity contribution in [3.63, 3.8) is 0 Å². The van der Waals surface area contributed by atoms with Crippen LogP contribution in [0.25, 0.3) is 6.08 Å². The molecule has 1 heterocycles. The third kappa shape index (κ3) is 2.23. The first-order valence-electron chi connectivity index (χ1n) is 3.31. The molecule has 0 fully saturated rings. The summed E-state index contributed by atoms with van der Waals surface area (Å²) in [5.74, 6) is 0. The van der Waals surface area contributed by atoms with E-state index >= 15 is 0 Å². The number of aromatic nitrogens is 1. The fourth-order valence-corrected chi connectivity index (χ4v) is 0.803. The summed E-state index contributed by atoms with van der Waals surface area (Å²) >= 11 is 0. The Morgan fingerprint density at radius 3 is 3.00 bits per heavy atom. The van der Waals surface area contributed by atoms with Crippen LogP contribution in [-0.4, -0.2) is 4.98 Å². The molecule has 0 aliphatic rings. The van der Waals surface area contributed by atoms with E-state index in [1.807, 2.05) is 19.1 Å². The van der Waals surface area contributed by atoms with Crippen LogP contribution in [0, 0.1) is 18.3 Å². The number of aryl methyl sites for hydroxylation is 1. The lowest BCUT2D eigenvalue weighted by Crippen LogP contribution is -1.78. The Morgan fingerprint density at radius 2 is 2.36 bits per heavy atom. The molecule has 0 radical (unpaired) electrons. The van der Waals surface area contributed by atoms with Crippen molar-refractivity contribution in [2.45, 2.75) is 6.92 Å². The number of allylic oxidation sites excluding steroid dienone is 1. The second-order valence-electron chi connectivity index (χ2n) is 2.26. The first-order valence-corrected chi connectivity index (χ1v) is 3.31. The van der Waals surface area contributed by atoms with Crippen molar-refractivity contribution in [1.82, 2.24) is 4.98 Å². The molecule has 2 heteroatoms. The largest absolute Gasteiger partial charge is 0.264 e. The van der Waals surface area contributed by atoms with Crippen molar-refractivity contribution < 1.29 is 0 Å². The van der Waals surface area contributed by atoms with Gasteiger partial charge in [-0.25, -0.2) is 0 Å². The van der Waals surface area contributed by atoms with Crippen LogP contribution in [0.2, 0.25) is 0 Å². The Bertz CT molecular complexity index is 308. The van der Waals surface area contributed by atoms with Crippen molar-refractivity contribution >= 4 is 6.08 Å². The van der Waals surface area contributed by atoms with Crippen LogP contribution >= 0.6 is 0 Å². The first-order chi connectivity index (χ1) is 5.33. The summed E-state index contributed by atoms with van der Waals surface area (Å²) in [6, 6.07) is 3.90. The van der Waals surface area contributed by atoms with Gasteiger partial charge in [0.15, 0.2) is 0 Å². The van der Waals surface area contributed by atoms with Crippen molar-refractivity contribution in [3.8, 4) is 6.07 Å². The van der Waals surface area contributed by atoms with Crippen molar-refractivity contribution in [1.29, 1.82) is 5.26 Å². The van der Waals surface area contributed by atoms with Gasteiger partial charge in [0.05, 0.1) is 6.07 Å². The number of rotatable bonds is 1. The minimum Gasteiger partial charge on any atom is -0.264 e. The molecule has 0 saturated heterocycles. The highest BCUT2D eigenvalue weighted by molar-refractivity contribution is 5.51. The monoisotopic (exact) mass is 144 g/mol. The van der Waals surface area contributed by atoms with Gasteiger partial charge in [-0.3, -0.25) is 4.98 Å². The minimum atomic E-state index is 0.964.